The van der Waals surface area contributed by atoms with Gasteiger partial charge in [0.15, 0.2) is 0 Å². The number of thiazole rings is 1. The van der Waals surface area contributed by atoms with E-state index in [1.54, 1.807) is 11.3 Å². The van der Waals surface area contributed by atoms with Crippen LogP contribution in [0.25, 0.3) is 10.2 Å². The molecular formula is C12H14ClNS. The molecule has 15 heavy (non-hydrogen) atoms. The van der Waals surface area contributed by atoms with Gasteiger partial charge in [-0.25, -0.2) is 4.98 Å². The van der Waals surface area contributed by atoms with Crippen LogP contribution < -0.4 is 0 Å². The predicted octanol–water partition coefficient (Wildman–Crippen LogP) is 4.68. The van der Waals surface area contributed by atoms with Gasteiger partial charge in [0, 0.05) is 0 Å². The topological polar surface area (TPSA) is 12.9 Å². The maximum absolute atomic E-state index is 6.08. The van der Waals surface area contributed by atoms with E-state index in [4.69, 9.17) is 11.6 Å². The molecule has 0 fully saturated rings. The fourth-order valence-electron chi connectivity index (χ4n) is 1.59. The summed E-state index contributed by atoms with van der Waals surface area (Å²) in [5, 5.41) is 1.98. The number of hydrogen-bond acceptors (Lipinski definition) is 2. The average Bonchev–Trinajstić information content (AvgIpc) is 2.63. The van der Waals surface area contributed by atoms with Crippen LogP contribution in [-0.2, 0) is 6.42 Å². The summed E-state index contributed by atoms with van der Waals surface area (Å²) in [5.41, 5.74) is 0.968. The van der Waals surface area contributed by atoms with Crippen LogP contribution in [-0.4, -0.2) is 4.98 Å². The van der Waals surface area contributed by atoms with E-state index in [0.717, 1.165) is 17.0 Å². The van der Waals surface area contributed by atoms with E-state index in [9.17, 15) is 0 Å². The van der Waals surface area contributed by atoms with Crippen LogP contribution >= 0.6 is 22.9 Å². The third-order valence-electron chi connectivity index (χ3n) is 2.41. The molecule has 0 N–H and O–H groups in total. The Labute approximate surface area is 99.1 Å². The Bertz CT molecular complexity index is 450. The number of fused-ring (bicyclic) bond motifs is 1. The lowest BCUT2D eigenvalue weighted by Crippen LogP contribution is -1.82. The van der Waals surface area contributed by atoms with Crippen molar-refractivity contribution in [3.63, 3.8) is 0 Å². The highest BCUT2D eigenvalue weighted by atomic mass is 35.5. The molecule has 0 spiro atoms. The van der Waals surface area contributed by atoms with Gasteiger partial charge in [0.25, 0.3) is 0 Å². The zero-order valence-electron chi connectivity index (χ0n) is 8.79. The predicted molar refractivity (Wildman–Crippen MR) is 67.9 cm³/mol. The van der Waals surface area contributed by atoms with E-state index >= 15 is 0 Å². The number of para-hydroxylation sites is 1. The summed E-state index contributed by atoms with van der Waals surface area (Å²) >= 11 is 7.84. The number of hydrogen-bond donors (Lipinski definition) is 0. The molecule has 0 bridgehead atoms. The number of aromatic nitrogens is 1. The van der Waals surface area contributed by atoms with E-state index in [1.807, 2.05) is 12.1 Å². The Balaban J connectivity index is 2.20. The SMILES string of the molecule is CCCCCc1nc2c(Cl)cccc2s1. The average molecular weight is 240 g/mol. The molecule has 0 saturated heterocycles. The van der Waals surface area contributed by atoms with Gasteiger partial charge in [0.1, 0.15) is 5.52 Å². The molecule has 1 aromatic carbocycles. The number of nitrogens with zero attached hydrogens (tertiary/aromatic N) is 1. The first-order chi connectivity index (χ1) is 7.31. The van der Waals surface area contributed by atoms with Crippen LogP contribution in [0.1, 0.15) is 31.2 Å². The van der Waals surface area contributed by atoms with Crippen LogP contribution in [0.3, 0.4) is 0 Å². The van der Waals surface area contributed by atoms with Gasteiger partial charge in [-0.1, -0.05) is 37.4 Å². The monoisotopic (exact) mass is 239 g/mol. The lowest BCUT2D eigenvalue weighted by Gasteiger charge is -1.93. The van der Waals surface area contributed by atoms with E-state index < -0.39 is 0 Å². The van der Waals surface area contributed by atoms with Crippen molar-refractivity contribution in [1.82, 2.24) is 4.98 Å². The minimum atomic E-state index is 0.769. The first kappa shape index (κ1) is 10.9. The fourth-order valence-corrected chi connectivity index (χ4v) is 2.90. The molecule has 0 atom stereocenters. The minimum Gasteiger partial charge on any atom is -0.240 e. The smallest absolute Gasteiger partial charge is 0.100 e. The highest BCUT2D eigenvalue weighted by molar-refractivity contribution is 7.18. The molecule has 3 heteroatoms. The normalized spacial score (nSPS) is 11.1. The van der Waals surface area contributed by atoms with Crippen LogP contribution in [0.5, 0.6) is 0 Å². The molecule has 0 aliphatic carbocycles. The second-order valence-electron chi connectivity index (χ2n) is 3.65. The Morgan fingerprint density at radius 2 is 2.20 bits per heavy atom. The van der Waals surface area contributed by atoms with E-state index in [1.165, 1.54) is 29.0 Å². The third-order valence-corrected chi connectivity index (χ3v) is 3.79. The van der Waals surface area contributed by atoms with E-state index in [-0.39, 0.29) is 0 Å². The molecule has 0 unspecified atom stereocenters. The van der Waals surface area contributed by atoms with Crippen LogP contribution in [0, 0.1) is 0 Å². The van der Waals surface area contributed by atoms with Gasteiger partial charge in [-0.05, 0) is 25.0 Å². The summed E-state index contributed by atoms with van der Waals surface area (Å²) in [6.07, 6.45) is 4.85. The molecule has 0 aliphatic rings. The zero-order chi connectivity index (χ0) is 10.7. The van der Waals surface area contributed by atoms with Crippen molar-refractivity contribution < 1.29 is 0 Å². The van der Waals surface area contributed by atoms with Gasteiger partial charge in [0.05, 0.1) is 14.7 Å². The van der Waals surface area contributed by atoms with Crippen molar-refractivity contribution >= 4 is 33.2 Å². The maximum Gasteiger partial charge on any atom is 0.100 e. The van der Waals surface area contributed by atoms with Gasteiger partial charge in [-0.3, -0.25) is 0 Å². The molecule has 2 aromatic rings. The molecule has 1 heterocycles. The lowest BCUT2D eigenvalue weighted by atomic mass is 10.2. The van der Waals surface area contributed by atoms with Gasteiger partial charge in [0.2, 0.25) is 0 Å². The second-order valence-corrected chi connectivity index (χ2v) is 5.17. The number of rotatable bonds is 4. The van der Waals surface area contributed by atoms with Crippen LogP contribution in [0.4, 0.5) is 0 Å². The molecule has 1 nitrogen and oxygen atoms in total. The largest absolute Gasteiger partial charge is 0.240 e. The number of aryl methyl sites for hydroxylation is 1. The summed E-state index contributed by atoms with van der Waals surface area (Å²) in [6, 6.07) is 5.97. The summed E-state index contributed by atoms with van der Waals surface area (Å²) in [4.78, 5) is 4.57. The van der Waals surface area contributed by atoms with Crippen molar-refractivity contribution in [2.45, 2.75) is 32.6 Å². The van der Waals surface area contributed by atoms with Crippen molar-refractivity contribution in [2.75, 3.05) is 0 Å². The molecule has 0 amide bonds. The number of halogens is 1. The van der Waals surface area contributed by atoms with Gasteiger partial charge < -0.3 is 0 Å². The molecule has 0 saturated carbocycles. The minimum absolute atomic E-state index is 0.769. The Morgan fingerprint density at radius 3 is 2.93 bits per heavy atom. The van der Waals surface area contributed by atoms with Crippen molar-refractivity contribution in [2.24, 2.45) is 0 Å². The highest BCUT2D eigenvalue weighted by Crippen LogP contribution is 2.28. The van der Waals surface area contributed by atoms with E-state index in [0.29, 0.717) is 0 Å². The Morgan fingerprint density at radius 1 is 1.33 bits per heavy atom. The van der Waals surface area contributed by atoms with Crippen LogP contribution in [0.2, 0.25) is 5.02 Å². The maximum atomic E-state index is 6.08. The summed E-state index contributed by atoms with van der Waals surface area (Å²) < 4.78 is 1.20. The fraction of sp³-hybridized carbons (Fsp3) is 0.417. The third kappa shape index (κ3) is 2.50. The molecule has 2 rings (SSSR count). The molecular weight excluding hydrogens is 226 g/mol. The standard InChI is InChI=1S/C12H14ClNS/c1-2-3-4-8-11-14-12-9(13)6-5-7-10(12)15-11/h5-7H,2-4,8H2,1H3. The van der Waals surface area contributed by atoms with Gasteiger partial charge >= 0.3 is 0 Å². The molecule has 80 valence electrons. The Hall–Kier alpha value is -0.600. The van der Waals surface area contributed by atoms with Gasteiger partial charge in [-0.15, -0.1) is 11.3 Å². The highest BCUT2D eigenvalue weighted by Gasteiger charge is 2.05. The first-order valence-electron chi connectivity index (χ1n) is 5.35. The number of unbranched alkanes of at least 4 members (excludes halogenated alkanes) is 2. The lowest BCUT2D eigenvalue weighted by molar-refractivity contribution is 0.716. The second kappa shape index (κ2) is 4.95. The zero-order valence-corrected chi connectivity index (χ0v) is 10.4. The van der Waals surface area contributed by atoms with Crippen LogP contribution in [0.15, 0.2) is 18.2 Å². The molecule has 1 aromatic heterocycles. The first-order valence-corrected chi connectivity index (χ1v) is 6.54. The summed E-state index contributed by atoms with van der Waals surface area (Å²) in [5.74, 6) is 0. The molecule has 0 radical (unpaired) electrons. The molecule has 0 aliphatic heterocycles. The summed E-state index contributed by atoms with van der Waals surface area (Å²) in [7, 11) is 0. The van der Waals surface area contributed by atoms with Crippen molar-refractivity contribution in [3.05, 3.63) is 28.2 Å². The summed E-state index contributed by atoms with van der Waals surface area (Å²) in [6.45, 7) is 2.22. The van der Waals surface area contributed by atoms with Gasteiger partial charge in [-0.2, -0.15) is 0 Å². The van der Waals surface area contributed by atoms with Crippen molar-refractivity contribution in [3.8, 4) is 0 Å². The van der Waals surface area contributed by atoms with Crippen molar-refractivity contribution in [1.29, 1.82) is 0 Å². The number of benzene rings is 1. The quantitative estimate of drug-likeness (QED) is 0.706. The van der Waals surface area contributed by atoms with E-state index in [2.05, 4.69) is 18.0 Å². The Kier molecular flexibility index (Phi) is 3.60.